The van der Waals surface area contributed by atoms with E-state index in [4.69, 9.17) is 5.11 Å². The largest absolute Gasteiger partial charge is 0.481 e. The molecule has 0 fully saturated rings. The van der Waals surface area contributed by atoms with Crippen molar-refractivity contribution < 1.29 is 14.7 Å². The first-order valence-electron chi connectivity index (χ1n) is 7.06. The van der Waals surface area contributed by atoms with Gasteiger partial charge < -0.3 is 15.7 Å². The number of nitrogens with zero attached hydrogens (tertiary/aromatic N) is 1. The molecule has 0 spiro atoms. The Kier molecular flexibility index (Phi) is 7.14. The summed E-state index contributed by atoms with van der Waals surface area (Å²) >= 11 is 1.56. The zero-order valence-electron chi connectivity index (χ0n) is 12.7. The summed E-state index contributed by atoms with van der Waals surface area (Å²) in [6.07, 6.45) is 2.17. The maximum atomic E-state index is 11.7. The molecule has 0 aliphatic carbocycles. The molecular formula is C14H23N3O3S. The Morgan fingerprint density at radius 3 is 2.67 bits per heavy atom. The third-order valence-electron chi connectivity index (χ3n) is 3.17. The predicted molar refractivity (Wildman–Crippen MR) is 82.3 cm³/mol. The minimum Gasteiger partial charge on any atom is -0.481 e. The van der Waals surface area contributed by atoms with Gasteiger partial charge >= 0.3 is 12.0 Å². The van der Waals surface area contributed by atoms with Crippen molar-refractivity contribution >= 4 is 23.3 Å². The van der Waals surface area contributed by atoms with Crippen LogP contribution in [0, 0.1) is 12.8 Å². The van der Waals surface area contributed by atoms with E-state index in [0.29, 0.717) is 13.0 Å². The Balaban J connectivity index is 2.17. The van der Waals surface area contributed by atoms with E-state index in [-0.39, 0.29) is 18.0 Å². The van der Waals surface area contributed by atoms with Crippen LogP contribution in [0.1, 0.15) is 43.8 Å². The number of hydrogen-bond acceptors (Lipinski definition) is 4. The summed E-state index contributed by atoms with van der Waals surface area (Å²) in [4.78, 5) is 26.7. The third kappa shape index (κ3) is 7.08. The fourth-order valence-corrected chi connectivity index (χ4v) is 2.47. The summed E-state index contributed by atoms with van der Waals surface area (Å²) in [5.41, 5.74) is 0.857. The van der Waals surface area contributed by atoms with Gasteiger partial charge in [-0.15, -0.1) is 11.3 Å². The van der Waals surface area contributed by atoms with Gasteiger partial charge in [0.2, 0.25) is 0 Å². The summed E-state index contributed by atoms with van der Waals surface area (Å²) in [6, 6.07) is -0.206. The molecule has 0 radical (unpaired) electrons. The van der Waals surface area contributed by atoms with Crippen LogP contribution >= 0.6 is 11.3 Å². The van der Waals surface area contributed by atoms with E-state index in [1.165, 1.54) is 0 Å². The molecule has 118 valence electrons. The lowest BCUT2D eigenvalue weighted by molar-refractivity contribution is -0.141. The first kappa shape index (κ1) is 17.4. The van der Waals surface area contributed by atoms with Gasteiger partial charge in [0, 0.05) is 11.4 Å². The molecule has 0 saturated carbocycles. The average molecular weight is 313 g/mol. The van der Waals surface area contributed by atoms with Gasteiger partial charge in [-0.05, 0) is 26.7 Å². The van der Waals surface area contributed by atoms with E-state index in [1.807, 2.05) is 19.2 Å². The highest BCUT2D eigenvalue weighted by Crippen LogP contribution is 2.10. The van der Waals surface area contributed by atoms with E-state index in [2.05, 4.69) is 15.6 Å². The lowest BCUT2D eigenvalue weighted by Gasteiger charge is -2.15. The van der Waals surface area contributed by atoms with Crippen molar-refractivity contribution in [3.8, 4) is 0 Å². The number of thiazole rings is 1. The summed E-state index contributed by atoms with van der Waals surface area (Å²) in [7, 11) is 0. The zero-order valence-corrected chi connectivity index (χ0v) is 13.5. The molecule has 21 heavy (non-hydrogen) atoms. The number of aryl methyl sites for hydroxylation is 1. The molecule has 2 unspecified atom stereocenters. The molecule has 0 aromatic carbocycles. The third-order valence-corrected chi connectivity index (χ3v) is 3.99. The number of amides is 2. The lowest BCUT2D eigenvalue weighted by Crippen LogP contribution is -2.40. The van der Waals surface area contributed by atoms with Gasteiger partial charge in [-0.2, -0.15) is 0 Å². The summed E-state index contributed by atoms with van der Waals surface area (Å²) < 4.78 is 0. The Morgan fingerprint density at radius 1 is 1.38 bits per heavy atom. The van der Waals surface area contributed by atoms with E-state index in [0.717, 1.165) is 23.5 Å². The summed E-state index contributed by atoms with van der Waals surface area (Å²) in [6.45, 7) is 5.95. The van der Waals surface area contributed by atoms with Gasteiger partial charge in [-0.25, -0.2) is 9.78 Å². The minimum absolute atomic E-state index is 0.0168. The zero-order chi connectivity index (χ0) is 15.8. The van der Waals surface area contributed by atoms with Gasteiger partial charge in [-0.1, -0.05) is 13.3 Å². The van der Waals surface area contributed by atoms with Gasteiger partial charge in [0.05, 0.1) is 23.2 Å². The van der Waals surface area contributed by atoms with Crippen molar-refractivity contribution in [3.05, 3.63) is 16.1 Å². The number of carbonyl (C=O) groups is 2. The molecule has 1 heterocycles. The van der Waals surface area contributed by atoms with Crippen molar-refractivity contribution in [2.75, 3.05) is 0 Å². The number of urea groups is 1. The number of hydrogen-bond donors (Lipinski definition) is 3. The molecule has 0 aliphatic rings. The Hall–Kier alpha value is -1.63. The first-order valence-corrected chi connectivity index (χ1v) is 7.94. The van der Waals surface area contributed by atoms with Crippen LogP contribution in [-0.4, -0.2) is 28.1 Å². The Labute approximate surface area is 129 Å². The molecule has 1 aromatic rings. The highest BCUT2D eigenvalue weighted by atomic mass is 32.1. The number of carboxylic acid groups (broad SMARTS) is 1. The van der Waals surface area contributed by atoms with E-state index in [9.17, 15) is 9.59 Å². The summed E-state index contributed by atoms with van der Waals surface area (Å²) in [5, 5.41) is 17.3. The van der Waals surface area contributed by atoms with Crippen LogP contribution in [0.2, 0.25) is 0 Å². The standard InChI is InChI=1S/C14H23N3O3S/c1-9(13(18)19)5-4-6-10(2)16-14(20)15-7-12-8-21-11(3)17-12/h8-10H,4-7H2,1-3H3,(H,18,19)(H2,15,16,20). The molecule has 7 heteroatoms. The number of rotatable bonds is 8. The van der Waals surface area contributed by atoms with Crippen LogP contribution in [0.25, 0.3) is 0 Å². The lowest BCUT2D eigenvalue weighted by atomic mass is 10.0. The number of carboxylic acids is 1. The fourth-order valence-electron chi connectivity index (χ4n) is 1.86. The maximum absolute atomic E-state index is 11.7. The van der Waals surface area contributed by atoms with Crippen molar-refractivity contribution in [2.24, 2.45) is 5.92 Å². The Morgan fingerprint density at radius 2 is 2.10 bits per heavy atom. The van der Waals surface area contributed by atoms with E-state index >= 15 is 0 Å². The number of aromatic nitrogens is 1. The fraction of sp³-hybridized carbons (Fsp3) is 0.643. The van der Waals surface area contributed by atoms with Crippen LogP contribution in [0.4, 0.5) is 4.79 Å². The molecule has 0 bridgehead atoms. The van der Waals surface area contributed by atoms with Crippen molar-refractivity contribution in [1.29, 1.82) is 0 Å². The van der Waals surface area contributed by atoms with Gasteiger partial charge in [-0.3, -0.25) is 4.79 Å². The number of carbonyl (C=O) groups excluding carboxylic acids is 1. The topological polar surface area (TPSA) is 91.3 Å². The van der Waals surface area contributed by atoms with Gasteiger partial charge in [0.15, 0.2) is 0 Å². The molecule has 6 nitrogen and oxygen atoms in total. The molecule has 0 aliphatic heterocycles. The monoisotopic (exact) mass is 313 g/mol. The molecule has 2 atom stereocenters. The minimum atomic E-state index is -0.771. The first-order chi connectivity index (χ1) is 9.88. The van der Waals surface area contributed by atoms with Gasteiger partial charge in [0.1, 0.15) is 0 Å². The normalized spacial score (nSPS) is 13.5. The highest BCUT2D eigenvalue weighted by Gasteiger charge is 2.12. The summed E-state index contributed by atoms with van der Waals surface area (Å²) in [5.74, 6) is -1.11. The molecule has 0 saturated heterocycles. The van der Waals surface area contributed by atoms with Crippen LogP contribution in [0.5, 0.6) is 0 Å². The Bertz CT molecular complexity index is 476. The number of aliphatic carboxylic acids is 1. The van der Waals surface area contributed by atoms with Crippen LogP contribution < -0.4 is 10.6 Å². The van der Waals surface area contributed by atoms with Crippen LogP contribution in [0.15, 0.2) is 5.38 Å². The highest BCUT2D eigenvalue weighted by molar-refractivity contribution is 7.09. The predicted octanol–water partition coefficient (Wildman–Crippen LogP) is 2.53. The average Bonchev–Trinajstić information content (AvgIpc) is 2.82. The molecule has 1 aromatic heterocycles. The SMILES string of the molecule is Cc1nc(CNC(=O)NC(C)CCCC(C)C(=O)O)cs1. The van der Waals surface area contributed by atoms with Crippen molar-refractivity contribution in [1.82, 2.24) is 15.6 Å². The molecule has 1 rings (SSSR count). The van der Waals surface area contributed by atoms with Crippen LogP contribution in [0.3, 0.4) is 0 Å². The van der Waals surface area contributed by atoms with E-state index < -0.39 is 5.97 Å². The molecule has 2 amide bonds. The van der Waals surface area contributed by atoms with Crippen molar-refractivity contribution in [3.63, 3.8) is 0 Å². The molecular weight excluding hydrogens is 290 g/mol. The smallest absolute Gasteiger partial charge is 0.315 e. The quantitative estimate of drug-likeness (QED) is 0.688. The van der Waals surface area contributed by atoms with E-state index in [1.54, 1.807) is 18.3 Å². The number of nitrogens with one attached hydrogen (secondary N) is 2. The second-order valence-electron chi connectivity index (χ2n) is 5.26. The second kappa shape index (κ2) is 8.61. The van der Waals surface area contributed by atoms with Crippen LogP contribution in [-0.2, 0) is 11.3 Å². The maximum Gasteiger partial charge on any atom is 0.315 e. The molecule has 3 N–H and O–H groups in total. The van der Waals surface area contributed by atoms with Crippen molar-refractivity contribution in [2.45, 2.75) is 52.6 Å². The van der Waals surface area contributed by atoms with Gasteiger partial charge in [0.25, 0.3) is 0 Å². The second-order valence-corrected chi connectivity index (χ2v) is 6.32.